The first-order chi connectivity index (χ1) is 12.5. The minimum atomic E-state index is -0.511. The Kier molecular flexibility index (Phi) is 5.85. The quantitative estimate of drug-likeness (QED) is 0.814. The van der Waals surface area contributed by atoms with Crippen LogP contribution in [-0.2, 0) is 9.47 Å². The van der Waals surface area contributed by atoms with Crippen LogP contribution in [0.15, 0.2) is 18.5 Å². The van der Waals surface area contributed by atoms with Crippen molar-refractivity contribution in [3.8, 4) is 0 Å². The number of aromatic nitrogens is 1. The van der Waals surface area contributed by atoms with E-state index in [-0.39, 0.29) is 11.8 Å². The third-order valence-corrected chi connectivity index (χ3v) is 4.72. The van der Waals surface area contributed by atoms with Crippen molar-refractivity contribution in [2.45, 2.75) is 18.6 Å². The molecule has 0 aromatic carbocycles. The van der Waals surface area contributed by atoms with Crippen molar-refractivity contribution in [3.05, 3.63) is 29.6 Å². The van der Waals surface area contributed by atoms with Crippen LogP contribution in [0.2, 0.25) is 0 Å². The fourth-order valence-corrected chi connectivity index (χ4v) is 3.19. The molecule has 0 saturated carbocycles. The minimum Gasteiger partial charge on any atom is -0.351 e. The first-order valence-corrected chi connectivity index (χ1v) is 8.94. The Morgan fingerprint density at radius 1 is 1.19 bits per heavy atom. The summed E-state index contributed by atoms with van der Waals surface area (Å²) in [6, 6.07) is 1.60. The summed E-state index contributed by atoms with van der Waals surface area (Å²) >= 11 is 0. The van der Waals surface area contributed by atoms with Gasteiger partial charge in [0.15, 0.2) is 5.79 Å². The molecule has 2 amide bonds. The van der Waals surface area contributed by atoms with Gasteiger partial charge in [0.2, 0.25) is 0 Å². The van der Waals surface area contributed by atoms with Crippen molar-refractivity contribution in [2.75, 3.05) is 53.5 Å². The standard InChI is InChI=1S/C18H26N4O4/c1-21(2)8-5-20-16(23)14-11-15(13-19-12-14)17(24)22-6-3-18(4-7-22)25-9-10-26-18/h11-13H,3-10H2,1-2H3,(H,20,23). The van der Waals surface area contributed by atoms with E-state index in [0.717, 1.165) is 6.54 Å². The van der Waals surface area contributed by atoms with Crippen LogP contribution < -0.4 is 5.32 Å². The zero-order chi connectivity index (χ0) is 18.6. The highest BCUT2D eigenvalue weighted by atomic mass is 16.7. The number of carbonyl (C=O) groups excluding carboxylic acids is 2. The molecule has 0 unspecified atom stereocenters. The van der Waals surface area contributed by atoms with Gasteiger partial charge < -0.3 is 24.6 Å². The zero-order valence-electron chi connectivity index (χ0n) is 15.4. The zero-order valence-corrected chi connectivity index (χ0v) is 15.4. The number of ether oxygens (including phenoxy) is 2. The number of likely N-dealkylation sites (N-methyl/N-ethyl adjacent to an activating group) is 1. The van der Waals surface area contributed by atoms with Gasteiger partial charge in [-0.05, 0) is 20.2 Å². The second-order valence-corrected chi connectivity index (χ2v) is 6.92. The number of rotatable bonds is 5. The molecule has 8 nitrogen and oxygen atoms in total. The number of carbonyl (C=O) groups is 2. The molecule has 1 aromatic rings. The maximum absolute atomic E-state index is 12.7. The Morgan fingerprint density at radius 3 is 2.50 bits per heavy atom. The lowest BCUT2D eigenvalue weighted by Crippen LogP contribution is -2.47. The number of amides is 2. The monoisotopic (exact) mass is 362 g/mol. The molecule has 0 atom stereocenters. The summed E-state index contributed by atoms with van der Waals surface area (Å²) in [4.78, 5) is 32.8. The second-order valence-electron chi connectivity index (χ2n) is 6.92. The average Bonchev–Trinajstić information content (AvgIpc) is 3.09. The highest BCUT2D eigenvalue weighted by molar-refractivity contribution is 5.99. The molecule has 2 aliphatic rings. The van der Waals surface area contributed by atoms with Crippen molar-refractivity contribution >= 4 is 11.8 Å². The fraction of sp³-hybridized carbons (Fsp3) is 0.611. The van der Waals surface area contributed by atoms with Crippen LogP contribution in [0.3, 0.4) is 0 Å². The Balaban J connectivity index is 1.59. The maximum Gasteiger partial charge on any atom is 0.255 e. The first kappa shape index (κ1) is 18.8. The van der Waals surface area contributed by atoms with E-state index >= 15 is 0 Å². The van der Waals surface area contributed by atoms with Gasteiger partial charge in [-0.2, -0.15) is 0 Å². The highest BCUT2D eigenvalue weighted by Crippen LogP contribution is 2.31. The molecule has 3 heterocycles. The molecular weight excluding hydrogens is 336 g/mol. The van der Waals surface area contributed by atoms with Gasteiger partial charge in [-0.25, -0.2) is 0 Å². The van der Waals surface area contributed by atoms with Crippen molar-refractivity contribution in [2.24, 2.45) is 0 Å². The number of likely N-dealkylation sites (tertiary alicyclic amines) is 1. The normalized spacial score (nSPS) is 19.1. The molecule has 1 spiro atoms. The topological polar surface area (TPSA) is 84.0 Å². The molecule has 2 saturated heterocycles. The molecule has 0 aliphatic carbocycles. The number of pyridine rings is 1. The third-order valence-electron chi connectivity index (χ3n) is 4.72. The van der Waals surface area contributed by atoms with Crippen molar-refractivity contribution in [1.82, 2.24) is 20.1 Å². The Bertz CT molecular complexity index is 648. The maximum atomic E-state index is 12.7. The van der Waals surface area contributed by atoms with Crippen LogP contribution in [-0.4, -0.2) is 85.9 Å². The lowest BCUT2D eigenvalue weighted by molar-refractivity contribution is -0.181. The smallest absolute Gasteiger partial charge is 0.255 e. The van der Waals surface area contributed by atoms with Crippen molar-refractivity contribution in [3.63, 3.8) is 0 Å². The van der Waals surface area contributed by atoms with Crippen LogP contribution in [0.4, 0.5) is 0 Å². The molecule has 1 aromatic heterocycles. The highest BCUT2D eigenvalue weighted by Gasteiger charge is 2.40. The van der Waals surface area contributed by atoms with E-state index in [1.807, 2.05) is 19.0 Å². The van der Waals surface area contributed by atoms with Gasteiger partial charge >= 0.3 is 0 Å². The predicted molar refractivity (Wildman–Crippen MR) is 94.9 cm³/mol. The molecule has 8 heteroatoms. The van der Waals surface area contributed by atoms with E-state index in [1.54, 1.807) is 11.0 Å². The molecule has 142 valence electrons. The summed E-state index contributed by atoms with van der Waals surface area (Å²) < 4.78 is 11.4. The minimum absolute atomic E-state index is 0.117. The van der Waals surface area contributed by atoms with Crippen LogP contribution in [0, 0.1) is 0 Å². The summed E-state index contributed by atoms with van der Waals surface area (Å²) in [5, 5.41) is 2.83. The largest absolute Gasteiger partial charge is 0.351 e. The van der Waals surface area contributed by atoms with Crippen molar-refractivity contribution < 1.29 is 19.1 Å². The molecule has 0 bridgehead atoms. The van der Waals surface area contributed by atoms with E-state index < -0.39 is 5.79 Å². The lowest BCUT2D eigenvalue weighted by atomic mass is 10.0. The van der Waals surface area contributed by atoms with Gasteiger partial charge in [-0.15, -0.1) is 0 Å². The summed E-state index contributed by atoms with van der Waals surface area (Å²) in [5.41, 5.74) is 0.819. The molecule has 2 aliphatic heterocycles. The summed E-state index contributed by atoms with van der Waals surface area (Å²) in [6.45, 7) is 3.65. The summed E-state index contributed by atoms with van der Waals surface area (Å²) in [5.74, 6) is -0.851. The summed E-state index contributed by atoms with van der Waals surface area (Å²) in [6.07, 6.45) is 4.31. The van der Waals surface area contributed by atoms with Gasteiger partial charge in [-0.3, -0.25) is 14.6 Å². The van der Waals surface area contributed by atoms with Gasteiger partial charge in [0.05, 0.1) is 24.3 Å². The molecule has 2 fully saturated rings. The molecule has 1 N–H and O–H groups in total. The van der Waals surface area contributed by atoms with Gasteiger partial charge in [0.1, 0.15) is 0 Å². The van der Waals surface area contributed by atoms with Gasteiger partial charge in [0.25, 0.3) is 11.8 Å². The van der Waals surface area contributed by atoms with E-state index in [2.05, 4.69) is 10.3 Å². The van der Waals surface area contributed by atoms with Gasteiger partial charge in [-0.1, -0.05) is 0 Å². The number of nitrogens with zero attached hydrogens (tertiary/aromatic N) is 3. The molecule has 0 radical (unpaired) electrons. The van der Waals surface area contributed by atoms with E-state index in [4.69, 9.17) is 9.47 Å². The average molecular weight is 362 g/mol. The van der Waals surface area contributed by atoms with Crippen LogP contribution in [0.1, 0.15) is 33.6 Å². The molecular formula is C18H26N4O4. The van der Waals surface area contributed by atoms with Crippen molar-refractivity contribution in [1.29, 1.82) is 0 Å². The number of nitrogens with one attached hydrogen (secondary N) is 1. The van der Waals surface area contributed by atoms with E-state index in [1.165, 1.54) is 12.4 Å². The van der Waals surface area contributed by atoms with Gasteiger partial charge in [0, 0.05) is 51.4 Å². The third kappa shape index (κ3) is 4.38. The first-order valence-electron chi connectivity index (χ1n) is 8.94. The summed E-state index contributed by atoms with van der Waals surface area (Å²) in [7, 11) is 3.88. The van der Waals surface area contributed by atoms with Crippen LogP contribution in [0.5, 0.6) is 0 Å². The fourth-order valence-electron chi connectivity index (χ4n) is 3.19. The number of hydrogen-bond acceptors (Lipinski definition) is 6. The van der Waals surface area contributed by atoms with Crippen LogP contribution in [0.25, 0.3) is 0 Å². The molecule has 3 rings (SSSR count). The number of hydrogen-bond donors (Lipinski definition) is 1. The van der Waals surface area contributed by atoms with E-state index in [0.29, 0.717) is 56.8 Å². The predicted octanol–water partition coefficient (Wildman–Crippen LogP) is 0.352. The number of piperidine rings is 1. The van der Waals surface area contributed by atoms with E-state index in [9.17, 15) is 9.59 Å². The van der Waals surface area contributed by atoms with Crippen LogP contribution >= 0.6 is 0 Å². The second kappa shape index (κ2) is 8.11. The Morgan fingerprint density at radius 2 is 1.85 bits per heavy atom. The SMILES string of the molecule is CN(C)CCNC(=O)c1cncc(C(=O)N2CCC3(CC2)OCCO3)c1. The molecule has 26 heavy (non-hydrogen) atoms. The lowest BCUT2D eigenvalue weighted by Gasteiger charge is -2.37. The Hall–Kier alpha value is -2.03. The Labute approximate surface area is 153 Å².